The van der Waals surface area contributed by atoms with Crippen LogP contribution in [0.15, 0.2) is 45.9 Å². The van der Waals surface area contributed by atoms with Gasteiger partial charge < -0.3 is 9.84 Å². The fourth-order valence-corrected chi connectivity index (χ4v) is 3.97. The van der Waals surface area contributed by atoms with Crippen molar-refractivity contribution in [1.29, 1.82) is 10.5 Å². The molecule has 3 rings (SSSR count). The van der Waals surface area contributed by atoms with Gasteiger partial charge >= 0.3 is 0 Å². The van der Waals surface area contributed by atoms with Crippen molar-refractivity contribution in [2.45, 2.75) is 30.5 Å². The number of aromatic nitrogens is 2. The van der Waals surface area contributed by atoms with E-state index >= 15 is 0 Å². The number of H-pyrrole nitrogens is 1. The van der Waals surface area contributed by atoms with Crippen LogP contribution in [-0.2, 0) is 4.79 Å². The van der Waals surface area contributed by atoms with E-state index in [4.69, 9.17) is 10.3 Å². The Hall–Kier alpha value is -3.82. The van der Waals surface area contributed by atoms with E-state index in [1.54, 1.807) is 13.0 Å². The first-order valence-corrected chi connectivity index (χ1v) is 10.0. The van der Waals surface area contributed by atoms with Gasteiger partial charge in [0.1, 0.15) is 29.0 Å². The molecule has 2 aromatic heterocycles. The zero-order valence-corrected chi connectivity index (χ0v) is 17.2. The van der Waals surface area contributed by atoms with Crippen molar-refractivity contribution in [1.82, 2.24) is 5.16 Å². The van der Waals surface area contributed by atoms with E-state index in [-0.39, 0.29) is 22.9 Å². The van der Waals surface area contributed by atoms with Gasteiger partial charge in [0.05, 0.1) is 5.25 Å². The predicted molar refractivity (Wildman–Crippen MR) is 112 cm³/mol. The summed E-state index contributed by atoms with van der Waals surface area (Å²) < 4.78 is 4.97. The average Bonchev–Trinajstić information content (AvgIpc) is 3.16. The number of aromatic amines is 1. The molecule has 4 N–H and O–H groups in total. The molecule has 1 amide bonds. The highest BCUT2D eigenvalue weighted by Crippen LogP contribution is 2.35. The Morgan fingerprint density at radius 3 is 2.57 bits per heavy atom. The van der Waals surface area contributed by atoms with E-state index in [9.17, 15) is 15.3 Å². The van der Waals surface area contributed by atoms with Crippen molar-refractivity contribution in [3.05, 3.63) is 53.3 Å². The standard InChI is InChI=1S/C21H18N6O2S/c1-3-16(20(28)25-17-9-12(2)29-27-17)30-21-15(11-23)18(13-7-5-4-6-8-13)14(10-22)19(24)26-21/h4-9,16H,3H2,1-2H3,(H2,24,26)(H,25,27,28)/p+1. The minimum Gasteiger partial charge on any atom is -0.360 e. The molecule has 0 saturated carbocycles. The molecule has 0 spiro atoms. The summed E-state index contributed by atoms with van der Waals surface area (Å²) in [6, 6.07) is 15.0. The molecule has 0 aliphatic rings. The third kappa shape index (κ3) is 4.27. The summed E-state index contributed by atoms with van der Waals surface area (Å²) in [6.45, 7) is 3.59. The highest BCUT2D eigenvalue weighted by Gasteiger charge is 2.28. The van der Waals surface area contributed by atoms with Crippen LogP contribution in [0.25, 0.3) is 11.1 Å². The normalized spacial score (nSPS) is 11.3. The van der Waals surface area contributed by atoms with E-state index in [1.807, 2.05) is 37.3 Å². The Morgan fingerprint density at radius 1 is 1.30 bits per heavy atom. The van der Waals surface area contributed by atoms with Gasteiger partial charge in [-0.25, -0.2) is 4.98 Å². The summed E-state index contributed by atoms with van der Waals surface area (Å²) in [5, 5.41) is 25.9. The van der Waals surface area contributed by atoms with Crippen LogP contribution < -0.4 is 16.0 Å². The van der Waals surface area contributed by atoms with Crippen LogP contribution in [0.1, 0.15) is 30.2 Å². The number of carbonyl (C=O) groups is 1. The number of nitrogens with zero attached hydrogens (tertiary/aromatic N) is 3. The summed E-state index contributed by atoms with van der Waals surface area (Å²) in [6.07, 6.45) is 0.493. The third-order valence-electron chi connectivity index (χ3n) is 4.33. The number of pyridine rings is 1. The Bertz CT molecular complexity index is 1160. The largest absolute Gasteiger partial charge is 0.360 e. The molecule has 1 aromatic carbocycles. The molecule has 3 aromatic rings. The number of rotatable bonds is 6. The van der Waals surface area contributed by atoms with Gasteiger partial charge in [0.2, 0.25) is 5.91 Å². The minimum absolute atomic E-state index is 0.139. The number of hydrogen-bond donors (Lipinski definition) is 2. The van der Waals surface area contributed by atoms with Gasteiger partial charge in [-0.3, -0.25) is 10.5 Å². The number of amides is 1. The fraction of sp³-hybridized carbons (Fsp3) is 0.190. The number of carbonyl (C=O) groups excluding carboxylic acids is 1. The number of nitrogen functional groups attached to an aromatic ring is 1. The Balaban J connectivity index is 2.01. The molecule has 2 heterocycles. The molecular weight excluding hydrogens is 400 g/mol. The third-order valence-corrected chi connectivity index (χ3v) is 5.71. The van der Waals surface area contributed by atoms with E-state index < -0.39 is 5.25 Å². The Kier molecular flexibility index (Phi) is 6.35. The van der Waals surface area contributed by atoms with Crippen molar-refractivity contribution in [2.24, 2.45) is 0 Å². The molecule has 1 atom stereocenters. The molecule has 0 aliphatic carbocycles. The van der Waals surface area contributed by atoms with Gasteiger partial charge in [0.15, 0.2) is 10.8 Å². The molecule has 0 radical (unpaired) electrons. The Morgan fingerprint density at radius 2 is 2.00 bits per heavy atom. The van der Waals surface area contributed by atoms with Crippen molar-refractivity contribution in [3.8, 4) is 23.3 Å². The quantitative estimate of drug-likeness (QED) is 0.583. The first-order chi connectivity index (χ1) is 14.5. The van der Waals surface area contributed by atoms with Crippen molar-refractivity contribution < 1.29 is 14.3 Å². The number of benzene rings is 1. The van der Waals surface area contributed by atoms with E-state index in [2.05, 4.69) is 27.6 Å². The van der Waals surface area contributed by atoms with E-state index in [0.717, 1.165) is 0 Å². The molecule has 0 fully saturated rings. The van der Waals surface area contributed by atoms with Crippen LogP contribution in [0.3, 0.4) is 0 Å². The first-order valence-electron chi connectivity index (χ1n) is 9.13. The topological polar surface area (TPSA) is 143 Å². The SMILES string of the molecule is CCC(Sc1[nH+]c(N)c(C#N)c(-c2ccccc2)c1C#N)C(=O)Nc1cc(C)on1. The number of aryl methyl sites for hydroxylation is 1. The first kappa shape index (κ1) is 20.9. The van der Waals surface area contributed by atoms with Crippen LogP contribution in [0.5, 0.6) is 0 Å². The second kappa shape index (κ2) is 9.12. The molecule has 30 heavy (non-hydrogen) atoms. The van der Waals surface area contributed by atoms with Gasteiger partial charge in [-0.05, 0) is 18.9 Å². The lowest BCUT2D eigenvalue weighted by atomic mass is 9.97. The molecule has 150 valence electrons. The molecule has 8 nitrogen and oxygen atoms in total. The van der Waals surface area contributed by atoms with Gasteiger partial charge in [-0.2, -0.15) is 10.5 Å². The summed E-state index contributed by atoms with van der Waals surface area (Å²) in [4.78, 5) is 15.7. The predicted octanol–water partition coefficient (Wildman–Crippen LogP) is 3.30. The smallest absolute Gasteiger partial charge is 0.289 e. The molecular formula is C21H19N6O2S+. The summed E-state index contributed by atoms with van der Waals surface area (Å²) in [7, 11) is 0. The lowest BCUT2D eigenvalue weighted by Gasteiger charge is -2.15. The highest BCUT2D eigenvalue weighted by molar-refractivity contribution is 8.00. The van der Waals surface area contributed by atoms with Crippen LogP contribution in [0.4, 0.5) is 11.6 Å². The fourth-order valence-electron chi connectivity index (χ4n) is 2.92. The molecule has 0 aliphatic heterocycles. The summed E-state index contributed by atoms with van der Waals surface area (Å²) in [5.74, 6) is 0.765. The van der Waals surface area contributed by atoms with Crippen LogP contribution in [0, 0.1) is 29.6 Å². The maximum Gasteiger partial charge on any atom is 0.289 e. The highest BCUT2D eigenvalue weighted by atomic mass is 32.2. The zero-order chi connectivity index (χ0) is 21.7. The second-order valence-electron chi connectivity index (χ2n) is 6.41. The van der Waals surface area contributed by atoms with E-state index in [1.165, 1.54) is 11.8 Å². The van der Waals surface area contributed by atoms with Crippen molar-refractivity contribution >= 4 is 29.3 Å². The molecule has 0 bridgehead atoms. The monoisotopic (exact) mass is 419 g/mol. The van der Waals surface area contributed by atoms with Gasteiger partial charge in [-0.15, -0.1) is 0 Å². The summed E-state index contributed by atoms with van der Waals surface area (Å²) >= 11 is 1.18. The van der Waals surface area contributed by atoms with Crippen molar-refractivity contribution in [3.63, 3.8) is 0 Å². The number of anilines is 2. The van der Waals surface area contributed by atoms with Crippen LogP contribution in [0.2, 0.25) is 0 Å². The maximum atomic E-state index is 12.7. The van der Waals surface area contributed by atoms with Gasteiger partial charge in [-0.1, -0.05) is 54.2 Å². The van der Waals surface area contributed by atoms with Crippen molar-refractivity contribution in [2.75, 3.05) is 11.1 Å². The molecule has 1 unspecified atom stereocenters. The summed E-state index contributed by atoms with van der Waals surface area (Å²) in [5.41, 5.74) is 7.69. The number of thioether (sulfide) groups is 1. The van der Waals surface area contributed by atoms with Crippen LogP contribution >= 0.6 is 11.8 Å². The van der Waals surface area contributed by atoms with Crippen LogP contribution in [-0.4, -0.2) is 16.3 Å². The maximum absolute atomic E-state index is 12.7. The second-order valence-corrected chi connectivity index (χ2v) is 7.62. The zero-order valence-electron chi connectivity index (χ0n) is 16.4. The average molecular weight is 419 g/mol. The van der Waals surface area contributed by atoms with Gasteiger partial charge in [0, 0.05) is 11.6 Å². The molecule has 9 heteroatoms. The lowest BCUT2D eigenvalue weighted by molar-refractivity contribution is -0.410. The number of nitrogens with two attached hydrogens (primary N) is 1. The van der Waals surface area contributed by atoms with E-state index in [0.29, 0.717) is 34.2 Å². The van der Waals surface area contributed by atoms with Gasteiger partial charge in [0.25, 0.3) is 5.82 Å². The number of hydrogen-bond acceptors (Lipinski definition) is 7. The molecule has 0 saturated heterocycles. The Labute approximate surface area is 177 Å². The number of nitrogens with one attached hydrogen (secondary N) is 2. The lowest BCUT2D eigenvalue weighted by Crippen LogP contribution is -2.27. The minimum atomic E-state index is -0.527. The number of nitriles is 2.